The van der Waals surface area contributed by atoms with E-state index in [1.165, 1.54) is 12.1 Å². The number of ether oxygens (including phenoxy) is 1. The first-order valence-electron chi connectivity index (χ1n) is 5.73. The van der Waals surface area contributed by atoms with Gasteiger partial charge in [-0.1, -0.05) is 0 Å². The molecule has 1 atom stereocenters. The maximum absolute atomic E-state index is 13.0. The van der Waals surface area contributed by atoms with Crippen molar-refractivity contribution >= 4 is 0 Å². The third-order valence-electron chi connectivity index (χ3n) is 3.12. The van der Waals surface area contributed by atoms with E-state index >= 15 is 0 Å². The minimum atomic E-state index is -2.53. The van der Waals surface area contributed by atoms with Gasteiger partial charge >= 0.3 is 0 Å². The Bertz CT molecular complexity index is 404. The minimum Gasteiger partial charge on any atom is -0.493 e. The van der Waals surface area contributed by atoms with Gasteiger partial charge < -0.3 is 4.74 Å². The van der Waals surface area contributed by atoms with Crippen LogP contribution in [0, 0.1) is 18.7 Å². The lowest BCUT2D eigenvalue weighted by molar-refractivity contribution is 0.00292. The number of benzene rings is 1. The molecule has 17 heavy (non-hydrogen) atoms. The van der Waals surface area contributed by atoms with Crippen LogP contribution < -0.4 is 4.74 Å². The molecule has 0 aromatic heterocycles. The molecule has 1 aliphatic rings. The zero-order valence-corrected chi connectivity index (χ0v) is 9.68. The number of hydrogen-bond donors (Lipinski definition) is 0. The van der Waals surface area contributed by atoms with Crippen LogP contribution >= 0.6 is 0 Å². The Labute approximate surface area is 98.6 Å². The van der Waals surface area contributed by atoms with Crippen molar-refractivity contribution in [2.45, 2.75) is 32.1 Å². The molecule has 1 saturated carbocycles. The summed E-state index contributed by atoms with van der Waals surface area (Å²) < 4.78 is 44.3. The summed E-state index contributed by atoms with van der Waals surface area (Å²) in [6.45, 7) is 1.92. The fraction of sp³-hybridized carbons (Fsp3) is 0.538. The van der Waals surface area contributed by atoms with Gasteiger partial charge in [-0.2, -0.15) is 0 Å². The minimum absolute atomic E-state index is 0.0521. The molecule has 1 fully saturated rings. The summed E-state index contributed by atoms with van der Waals surface area (Å²) >= 11 is 0. The lowest BCUT2D eigenvalue weighted by Crippen LogP contribution is -2.13. The molecule has 94 valence electrons. The van der Waals surface area contributed by atoms with Gasteiger partial charge in [0.1, 0.15) is 11.6 Å². The van der Waals surface area contributed by atoms with Crippen molar-refractivity contribution in [3.05, 3.63) is 29.6 Å². The van der Waals surface area contributed by atoms with E-state index in [9.17, 15) is 13.2 Å². The molecular formula is C13H15F3O. The molecule has 0 aliphatic heterocycles. The van der Waals surface area contributed by atoms with Crippen LogP contribution in [0.15, 0.2) is 18.2 Å². The van der Waals surface area contributed by atoms with Crippen LogP contribution in [-0.2, 0) is 0 Å². The standard InChI is InChI=1S/C13H15F3O/c1-9-6-11(2-3-12(9)14)17-8-10-4-5-13(15,16)7-10/h2-3,6,10H,4-5,7-8H2,1H3. The van der Waals surface area contributed by atoms with E-state index in [1.807, 2.05) is 0 Å². The predicted octanol–water partition coefficient (Wildman–Crippen LogP) is 3.95. The van der Waals surface area contributed by atoms with E-state index in [2.05, 4.69) is 0 Å². The van der Waals surface area contributed by atoms with Crippen LogP contribution in [0.4, 0.5) is 13.2 Å². The Hall–Kier alpha value is -1.19. The first kappa shape index (κ1) is 12.3. The maximum Gasteiger partial charge on any atom is 0.248 e. The van der Waals surface area contributed by atoms with Crippen molar-refractivity contribution < 1.29 is 17.9 Å². The summed E-state index contributed by atoms with van der Waals surface area (Å²) in [6, 6.07) is 4.44. The topological polar surface area (TPSA) is 9.23 Å². The molecule has 0 radical (unpaired) electrons. The smallest absolute Gasteiger partial charge is 0.248 e. The second-order valence-electron chi connectivity index (χ2n) is 4.69. The van der Waals surface area contributed by atoms with Gasteiger partial charge in [0.25, 0.3) is 0 Å². The average Bonchev–Trinajstić information content (AvgIpc) is 2.60. The Morgan fingerprint density at radius 3 is 2.76 bits per heavy atom. The van der Waals surface area contributed by atoms with Crippen LogP contribution in [-0.4, -0.2) is 12.5 Å². The molecule has 1 aromatic rings. The summed E-state index contributed by atoms with van der Waals surface area (Å²) in [7, 11) is 0. The largest absolute Gasteiger partial charge is 0.493 e. The molecule has 0 amide bonds. The van der Waals surface area contributed by atoms with Gasteiger partial charge in [-0.25, -0.2) is 13.2 Å². The van der Waals surface area contributed by atoms with Crippen molar-refractivity contribution in [3.63, 3.8) is 0 Å². The van der Waals surface area contributed by atoms with E-state index in [0.29, 0.717) is 17.7 Å². The SMILES string of the molecule is Cc1cc(OCC2CCC(F)(F)C2)ccc1F. The first-order valence-corrected chi connectivity index (χ1v) is 5.73. The second kappa shape index (κ2) is 4.59. The van der Waals surface area contributed by atoms with Gasteiger partial charge in [0.05, 0.1) is 6.61 Å². The molecule has 0 N–H and O–H groups in total. The van der Waals surface area contributed by atoms with Gasteiger partial charge in [-0.05, 0) is 43.0 Å². The van der Waals surface area contributed by atoms with E-state index in [4.69, 9.17) is 4.74 Å². The van der Waals surface area contributed by atoms with Crippen molar-refractivity contribution in [2.24, 2.45) is 5.92 Å². The average molecular weight is 244 g/mol. The second-order valence-corrected chi connectivity index (χ2v) is 4.69. The van der Waals surface area contributed by atoms with Gasteiger partial charge in [-0.3, -0.25) is 0 Å². The Morgan fingerprint density at radius 1 is 1.41 bits per heavy atom. The highest BCUT2D eigenvalue weighted by molar-refractivity contribution is 5.28. The lowest BCUT2D eigenvalue weighted by Gasteiger charge is -2.12. The highest BCUT2D eigenvalue weighted by Crippen LogP contribution is 2.38. The van der Waals surface area contributed by atoms with Gasteiger partial charge in [0.2, 0.25) is 5.92 Å². The molecular weight excluding hydrogens is 229 g/mol. The van der Waals surface area contributed by atoms with Crippen LogP contribution in [0.3, 0.4) is 0 Å². The van der Waals surface area contributed by atoms with Crippen LogP contribution in [0.5, 0.6) is 5.75 Å². The summed E-state index contributed by atoms with van der Waals surface area (Å²) in [5, 5.41) is 0. The molecule has 0 spiro atoms. The molecule has 1 aromatic carbocycles. The Morgan fingerprint density at radius 2 is 2.18 bits per heavy atom. The zero-order chi connectivity index (χ0) is 12.5. The lowest BCUT2D eigenvalue weighted by atomic mass is 10.1. The Balaban J connectivity index is 1.88. The van der Waals surface area contributed by atoms with Crippen LogP contribution in [0.2, 0.25) is 0 Å². The summed E-state index contributed by atoms with van der Waals surface area (Å²) in [6.07, 6.45) is 0.337. The van der Waals surface area contributed by atoms with Crippen molar-refractivity contribution in [1.29, 1.82) is 0 Å². The third-order valence-corrected chi connectivity index (χ3v) is 3.12. The number of aryl methyl sites for hydroxylation is 1. The maximum atomic E-state index is 13.0. The third kappa shape index (κ3) is 3.14. The summed E-state index contributed by atoms with van der Waals surface area (Å²) in [5.41, 5.74) is 0.499. The normalized spacial score (nSPS) is 22.7. The van der Waals surface area contributed by atoms with Gasteiger partial charge in [0.15, 0.2) is 0 Å². The molecule has 1 unspecified atom stereocenters. The van der Waals surface area contributed by atoms with E-state index in [1.54, 1.807) is 13.0 Å². The molecule has 0 heterocycles. The van der Waals surface area contributed by atoms with Gasteiger partial charge in [-0.15, -0.1) is 0 Å². The Kier molecular flexibility index (Phi) is 3.31. The number of hydrogen-bond acceptors (Lipinski definition) is 1. The summed E-state index contributed by atoms with van der Waals surface area (Å²) in [4.78, 5) is 0. The molecule has 4 heteroatoms. The van der Waals surface area contributed by atoms with Crippen molar-refractivity contribution in [3.8, 4) is 5.75 Å². The zero-order valence-electron chi connectivity index (χ0n) is 9.68. The number of alkyl halides is 2. The van der Waals surface area contributed by atoms with Crippen LogP contribution in [0.25, 0.3) is 0 Å². The van der Waals surface area contributed by atoms with Crippen molar-refractivity contribution in [1.82, 2.24) is 0 Å². The van der Waals surface area contributed by atoms with E-state index < -0.39 is 5.92 Å². The monoisotopic (exact) mass is 244 g/mol. The van der Waals surface area contributed by atoms with E-state index in [0.717, 1.165) is 0 Å². The molecule has 2 rings (SSSR count). The number of halogens is 3. The summed E-state index contributed by atoms with van der Waals surface area (Å²) in [5.74, 6) is -2.38. The van der Waals surface area contributed by atoms with Crippen LogP contribution in [0.1, 0.15) is 24.8 Å². The first-order chi connectivity index (χ1) is 7.96. The highest BCUT2D eigenvalue weighted by atomic mass is 19.3. The fourth-order valence-electron chi connectivity index (χ4n) is 2.11. The molecule has 1 aliphatic carbocycles. The highest BCUT2D eigenvalue weighted by Gasteiger charge is 2.39. The van der Waals surface area contributed by atoms with Gasteiger partial charge in [0, 0.05) is 12.8 Å². The predicted molar refractivity (Wildman–Crippen MR) is 58.9 cm³/mol. The van der Waals surface area contributed by atoms with Crippen molar-refractivity contribution in [2.75, 3.05) is 6.61 Å². The molecule has 1 nitrogen and oxygen atoms in total. The molecule has 0 saturated heterocycles. The number of rotatable bonds is 3. The quantitative estimate of drug-likeness (QED) is 0.782. The van der Waals surface area contributed by atoms with E-state index in [-0.39, 0.29) is 31.2 Å². The fourth-order valence-corrected chi connectivity index (χ4v) is 2.11. The molecule has 0 bridgehead atoms.